The van der Waals surface area contributed by atoms with E-state index in [1.807, 2.05) is 11.3 Å². The fraction of sp³-hybridized carbons (Fsp3) is 0.333. The summed E-state index contributed by atoms with van der Waals surface area (Å²) >= 11 is 1.98. The summed E-state index contributed by atoms with van der Waals surface area (Å²) in [6.07, 6.45) is 9.41. The highest BCUT2D eigenvalue weighted by molar-refractivity contribution is 7.28. The lowest BCUT2D eigenvalue weighted by Crippen LogP contribution is -2.62. The molecule has 5 heterocycles. The van der Waals surface area contributed by atoms with Crippen molar-refractivity contribution in [2.24, 2.45) is 0 Å². The van der Waals surface area contributed by atoms with Gasteiger partial charge in [0.25, 0.3) is 6.71 Å². The van der Waals surface area contributed by atoms with Crippen molar-refractivity contribution < 1.29 is 4.42 Å². The van der Waals surface area contributed by atoms with Crippen LogP contribution in [0.1, 0.15) is 148 Å². The Labute approximate surface area is 465 Å². The molecular weight excluding hydrogens is 966 g/mol. The van der Waals surface area contributed by atoms with Gasteiger partial charge in [0.15, 0.2) is 5.58 Å². The first kappa shape index (κ1) is 47.3. The molecule has 2 aromatic heterocycles. The molecule has 6 heteroatoms. The fourth-order valence-corrected chi connectivity index (χ4v) is 18.0. The first-order valence-corrected chi connectivity index (χ1v) is 30.1. The van der Waals surface area contributed by atoms with Gasteiger partial charge < -0.3 is 19.1 Å². The van der Waals surface area contributed by atoms with Gasteiger partial charge in [-0.15, -0.1) is 11.3 Å². The van der Waals surface area contributed by atoms with Crippen molar-refractivity contribution in [2.45, 2.75) is 153 Å². The molecule has 16 rings (SSSR count). The molecule has 3 aliphatic heterocycles. The lowest BCUT2D eigenvalue weighted by Gasteiger charge is -2.51. The van der Waals surface area contributed by atoms with Crippen molar-refractivity contribution in [2.75, 3.05) is 14.7 Å². The van der Waals surface area contributed by atoms with Gasteiger partial charge in [-0.1, -0.05) is 160 Å². The number of anilines is 8. The summed E-state index contributed by atoms with van der Waals surface area (Å²) in [6, 6.07) is 57.3. The fourth-order valence-electron chi connectivity index (χ4n) is 16.7. The molecule has 0 spiro atoms. The molecule has 3 aliphatic carbocycles. The summed E-state index contributed by atoms with van der Waals surface area (Å²) in [5.41, 5.74) is 23.4. The molecule has 4 nitrogen and oxygen atoms in total. The third-order valence-corrected chi connectivity index (χ3v) is 22.7. The van der Waals surface area contributed by atoms with Crippen LogP contribution in [0, 0.1) is 0 Å². The zero-order chi connectivity index (χ0) is 53.2. The number of nitrogens with zero attached hydrogens (tertiary/aromatic N) is 3. The zero-order valence-corrected chi connectivity index (χ0v) is 48.1. The molecule has 8 aromatic carbocycles. The number of rotatable bonds is 3. The van der Waals surface area contributed by atoms with E-state index < -0.39 is 0 Å². The van der Waals surface area contributed by atoms with E-state index in [9.17, 15) is 0 Å². The van der Waals surface area contributed by atoms with Gasteiger partial charge >= 0.3 is 0 Å². The number of benzene rings is 8. The normalized spacial score (nSPS) is 22.7. The Balaban J connectivity index is 1.09. The largest absolute Gasteiger partial charge is 0.454 e. The van der Waals surface area contributed by atoms with E-state index in [1.54, 1.807) is 0 Å². The molecular formula is C72H70BN3OS. The average Bonchev–Trinajstić information content (AvgIpc) is 4.00. The highest BCUT2D eigenvalue weighted by Gasteiger charge is 2.58. The summed E-state index contributed by atoms with van der Waals surface area (Å²) in [6.45, 7) is 25.1. The highest BCUT2D eigenvalue weighted by atomic mass is 32.1. The molecule has 2 atom stereocenters. The Bertz CT molecular complexity index is 4270. The number of hydrogen-bond acceptors (Lipinski definition) is 5. The van der Waals surface area contributed by atoms with Gasteiger partial charge in [0.1, 0.15) is 5.58 Å². The van der Waals surface area contributed by atoms with Crippen LogP contribution in [-0.4, -0.2) is 12.3 Å². The third kappa shape index (κ3) is 6.08. The van der Waals surface area contributed by atoms with Gasteiger partial charge in [0, 0.05) is 70.8 Å². The summed E-state index contributed by atoms with van der Waals surface area (Å²) in [7, 11) is 0. The third-order valence-electron chi connectivity index (χ3n) is 21.5. The van der Waals surface area contributed by atoms with Crippen molar-refractivity contribution in [3.63, 3.8) is 0 Å². The van der Waals surface area contributed by atoms with Crippen molar-refractivity contribution in [1.82, 2.24) is 0 Å². The van der Waals surface area contributed by atoms with Crippen molar-refractivity contribution in [3.05, 3.63) is 173 Å². The van der Waals surface area contributed by atoms with Crippen LogP contribution in [0.25, 0.3) is 42.1 Å². The molecule has 2 unspecified atom stereocenters. The van der Waals surface area contributed by atoms with Crippen LogP contribution < -0.4 is 31.1 Å². The van der Waals surface area contributed by atoms with Crippen LogP contribution >= 0.6 is 11.3 Å². The minimum absolute atomic E-state index is 0.00524. The summed E-state index contributed by atoms with van der Waals surface area (Å²) in [4.78, 5) is 8.24. The van der Waals surface area contributed by atoms with E-state index in [-0.39, 0.29) is 39.3 Å². The van der Waals surface area contributed by atoms with E-state index in [2.05, 4.69) is 230 Å². The minimum atomic E-state index is -0.151. The number of para-hydroxylation sites is 3. The van der Waals surface area contributed by atoms with Crippen LogP contribution in [0.3, 0.4) is 0 Å². The van der Waals surface area contributed by atoms with Crippen molar-refractivity contribution in [3.8, 4) is 0 Å². The topological polar surface area (TPSA) is 22.9 Å². The van der Waals surface area contributed by atoms with Gasteiger partial charge in [-0.05, 0) is 177 Å². The first-order chi connectivity index (χ1) is 37.4. The van der Waals surface area contributed by atoms with Crippen LogP contribution in [0.4, 0.5) is 45.5 Å². The summed E-state index contributed by atoms with van der Waals surface area (Å²) in [5, 5.41) is 4.95. The molecule has 6 aliphatic rings. The van der Waals surface area contributed by atoms with Gasteiger partial charge in [-0.3, -0.25) is 0 Å². The maximum atomic E-state index is 7.16. The van der Waals surface area contributed by atoms with E-state index >= 15 is 0 Å². The number of furan rings is 1. The second-order valence-electron chi connectivity index (χ2n) is 27.6. The standard InChI is InChI=1S/C72H70BN3OS/c1-67(2)34-35-68(3,4)51-38-43(28-30-49(51)67)74-58-42-53-52(69(5,6)36-37-70(53,7)8)41-54(58)73-63-59(74)39-44(76-55-24-14-13-23-50(55)71(9)32-17-18-33-72(71,76)10)40-60(63)75(57-25-19-22-47-45-20-11-15-26-61(45)77-65(47)57)56-31-29-48-46-21-12-16-27-62(46)78-66(48)64(56)73/h11-16,19-31,38-42H,17-18,32-37H2,1-10H3. The van der Waals surface area contributed by atoms with Crippen molar-refractivity contribution in [1.29, 1.82) is 0 Å². The van der Waals surface area contributed by atoms with Crippen LogP contribution in [-0.2, 0) is 27.1 Å². The van der Waals surface area contributed by atoms with Crippen LogP contribution in [0.15, 0.2) is 150 Å². The second kappa shape index (κ2) is 15.5. The highest BCUT2D eigenvalue weighted by Crippen LogP contribution is 2.62. The molecule has 1 saturated carbocycles. The van der Waals surface area contributed by atoms with Crippen molar-refractivity contribution >= 4 is 122 Å². The summed E-state index contributed by atoms with van der Waals surface area (Å²) in [5.74, 6) is 0. The Morgan fingerprint density at radius 3 is 1.83 bits per heavy atom. The Morgan fingerprint density at radius 1 is 0.423 bits per heavy atom. The SMILES string of the molecule is CC1(C)CCC(C)(C)c2cc(N3c4cc5c(cc4B4c6c3cc(N3c7ccccc7C7(C)CCCCC37C)cc6N(c3cccc6c3oc3ccccc36)c3ccc6c(sc7ccccc76)c34)C(C)(C)CCC5(C)C)ccc21. The van der Waals surface area contributed by atoms with E-state index in [1.165, 1.54) is 130 Å². The molecule has 0 amide bonds. The Hall–Kier alpha value is -6.76. The number of fused-ring (bicyclic) bond motifs is 16. The van der Waals surface area contributed by atoms with Gasteiger partial charge in [0.05, 0.1) is 11.2 Å². The summed E-state index contributed by atoms with van der Waals surface area (Å²) < 4.78 is 9.86. The Morgan fingerprint density at radius 2 is 1.05 bits per heavy atom. The molecule has 1 fully saturated rings. The first-order valence-electron chi connectivity index (χ1n) is 29.3. The lowest BCUT2D eigenvalue weighted by atomic mass is 9.33. The predicted octanol–water partition coefficient (Wildman–Crippen LogP) is 18.5. The molecule has 10 aromatic rings. The van der Waals surface area contributed by atoms with E-state index in [0.717, 1.165) is 53.3 Å². The molecule has 78 heavy (non-hydrogen) atoms. The predicted molar refractivity (Wildman–Crippen MR) is 334 cm³/mol. The maximum absolute atomic E-state index is 7.16. The number of hydrogen-bond donors (Lipinski definition) is 0. The molecule has 0 saturated heterocycles. The van der Waals surface area contributed by atoms with Gasteiger partial charge in [-0.2, -0.15) is 0 Å². The monoisotopic (exact) mass is 1040 g/mol. The molecule has 0 bridgehead atoms. The van der Waals surface area contributed by atoms with E-state index in [4.69, 9.17) is 4.42 Å². The van der Waals surface area contributed by atoms with Gasteiger partial charge in [-0.25, -0.2) is 0 Å². The van der Waals surface area contributed by atoms with Crippen LogP contribution in [0.5, 0.6) is 0 Å². The van der Waals surface area contributed by atoms with Gasteiger partial charge in [0.2, 0.25) is 0 Å². The Kier molecular flexibility index (Phi) is 9.41. The number of thiophene rings is 1. The maximum Gasteiger partial charge on any atom is 0.254 e. The minimum Gasteiger partial charge on any atom is -0.454 e. The van der Waals surface area contributed by atoms with E-state index in [0.29, 0.717) is 0 Å². The molecule has 0 N–H and O–H groups in total. The molecule has 0 radical (unpaired) electrons. The zero-order valence-electron chi connectivity index (χ0n) is 47.2. The lowest BCUT2D eigenvalue weighted by molar-refractivity contribution is 0.195. The van der Waals surface area contributed by atoms with Crippen LogP contribution in [0.2, 0.25) is 0 Å². The second-order valence-corrected chi connectivity index (χ2v) is 28.7. The smallest absolute Gasteiger partial charge is 0.254 e. The molecule has 388 valence electrons. The average molecular weight is 1040 g/mol. The quantitative estimate of drug-likeness (QED) is 0.165.